The van der Waals surface area contributed by atoms with Crippen LogP contribution >= 0.6 is 0 Å². The average Bonchev–Trinajstić information content (AvgIpc) is 3.06. The Labute approximate surface area is 136 Å². The number of aliphatic carboxylic acids is 1. The van der Waals surface area contributed by atoms with Crippen LogP contribution in [0.15, 0.2) is 30.4 Å². The van der Waals surface area contributed by atoms with E-state index in [-0.39, 0.29) is 23.8 Å². The van der Waals surface area contributed by atoms with Gasteiger partial charge in [-0.2, -0.15) is 0 Å². The molecule has 1 saturated carbocycles. The topological polar surface area (TPSA) is 66.4 Å². The van der Waals surface area contributed by atoms with E-state index < -0.39 is 17.8 Å². The first-order chi connectivity index (χ1) is 10.9. The van der Waals surface area contributed by atoms with Gasteiger partial charge in [0.05, 0.1) is 17.9 Å². The third-order valence-corrected chi connectivity index (χ3v) is 5.15. The predicted molar refractivity (Wildman–Crippen MR) is 87.8 cm³/mol. The van der Waals surface area contributed by atoms with Crippen LogP contribution in [0.1, 0.15) is 36.1 Å². The van der Waals surface area contributed by atoms with Crippen molar-refractivity contribution in [2.45, 2.75) is 33.2 Å². The van der Waals surface area contributed by atoms with Gasteiger partial charge in [0.15, 0.2) is 0 Å². The summed E-state index contributed by atoms with van der Waals surface area (Å²) in [5.41, 5.74) is 3.38. The Morgan fingerprint density at radius 1 is 1.09 bits per heavy atom. The van der Waals surface area contributed by atoms with Gasteiger partial charge in [-0.05, 0) is 44.6 Å². The largest absolute Gasteiger partial charge is 0.481 e. The van der Waals surface area contributed by atoms with Gasteiger partial charge in [-0.1, -0.05) is 41.5 Å². The van der Waals surface area contributed by atoms with Gasteiger partial charge in [0.25, 0.3) is 0 Å². The number of carbonyl (C=O) groups excluding carboxylic acids is 1. The molecule has 0 heterocycles. The molecular weight excluding hydrogens is 290 g/mol. The van der Waals surface area contributed by atoms with Crippen LogP contribution in [-0.2, 0) is 9.59 Å². The van der Waals surface area contributed by atoms with Gasteiger partial charge < -0.3 is 10.4 Å². The number of carbonyl (C=O) groups is 2. The van der Waals surface area contributed by atoms with E-state index in [0.29, 0.717) is 0 Å². The molecule has 3 rings (SSSR count). The number of carboxylic acid groups (broad SMARTS) is 1. The highest BCUT2D eigenvalue weighted by molar-refractivity contribution is 5.87. The van der Waals surface area contributed by atoms with Crippen LogP contribution in [0.3, 0.4) is 0 Å². The zero-order valence-corrected chi connectivity index (χ0v) is 13.7. The molecule has 122 valence electrons. The van der Waals surface area contributed by atoms with E-state index in [4.69, 9.17) is 0 Å². The highest BCUT2D eigenvalue weighted by Gasteiger charge is 2.51. The molecule has 5 unspecified atom stereocenters. The zero-order valence-electron chi connectivity index (χ0n) is 13.7. The summed E-state index contributed by atoms with van der Waals surface area (Å²) < 4.78 is 0. The first-order valence-corrected chi connectivity index (χ1v) is 8.16. The lowest BCUT2D eigenvalue weighted by Gasteiger charge is -2.26. The Hall–Kier alpha value is -2.10. The van der Waals surface area contributed by atoms with Crippen LogP contribution < -0.4 is 5.32 Å². The van der Waals surface area contributed by atoms with Gasteiger partial charge in [0.1, 0.15) is 0 Å². The highest BCUT2D eigenvalue weighted by Crippen LogP contribution is 2.48. The molecule has 0 spiro atoms. The molecule has 2 aliphatic carbocycles. The SMILES string of the molecule is Cc1cc(C)cc(C(C)NC(=O)C2C3C=CC(C3)C2C(=O)O)c1. The highest BCUT2D eigenvalue weighted by atomic mass is 16.4. The molecule has 2 aliphatic rings. The van der Waals surface area contributed by atoms with Crippen LogP contribution in [-0.4, -0.2) is 17.0 Å². The lowest BCUT2D eigenvalue weighted by Crippen LogP contribution is -2.41. The molecule has 1 aromatic carbocycles. The Morgan fingerprint density at radius 2 is 1.65 bits per heavy atom. The lowest BCUT2D eigenvalue weighted by atomic mass is 9.82. The van der Waals surface area contributed by atoms with Crippen LogP contribution in [0.2, 0.25) is 0 Å². The minimum atomic E-state index is -0.860. The van der Waals surface area contributed by atoms with E-state index in [1.807, 2.05) is 32.9 Å². The number of aryl methyl sites for hydroxylation is 2. The number of amides is 1. The first kappa shape index (κ1) is 15.8. The third kappa shape index (κ3) is 2.90. The van der Waals surface area contributed by atoms with E-state index in [1.165, 1.54) is 0 Å². The normalized spacial score (nSPS) is 29.5. The monoisotopic (exact) mass is 313 g/mol. The van der Waals surface area contributed by atoms with Crippen molar-refractivity contribution in [3.63, 3.8) is 0 Å². The molecule has 2 bridgehead atoms. The molecule has 0 aromatic heterocycles. The molecule has 0 aliphatic heterocycles. The molecule has 1 fully saturated rings. The second-order valence-corrected chi connectivity index (χ2v) is 6.99. The number of carboxylic acids is 1. The van der Waals surface area contributed by atoms with Crippen molar-refractivity contribution in [3.8, 4) is 0 Å². The maximum atomic E-state index is 12.7. The summed E-state index contributed by atoms with van der Waals surface area (Å²) in [5.74, 6) is -1.97. The average molecular weight is 313 g/mol. The minimum absolute atomic E-state index is 0.00442. The standard InChI is InChI=1S/C19H23NO3/c1-10-6-11(2)8-15(7-10)12(3)20-18(21)16-13-4-5-14(9-13)17(16)19(22)23/h4-8,12-14,16-17H,9H2,1-3H3,(H,20,21)(H,22,23). The summed E-state index contributed by atoms with van der Waals surface area (Å²) in [6.07, 6.45) is 4.75. The molecule has 1 amide bonds. The minimum Gasteiger partial charge on any atom is -0.481 e. The van der Waals surface area contributed by atoms with Crippen molar-refractivity contribution in [3.05, 3.63) is 47.0 Å². The van der Waals surface area contributed by atoms with E-state index >= 15 is 0 Å². The predicted octanol–water partition coefficient (Wildman–Crippen LogP) is 3.00. The van der Waals surface area contributed by atoms with Crippen molar-refractivity contribution in [1.29, 1.82) is 0 Å². The number of nitrogens with one attached hydrogen (secondary N) is 1. The van der Waals surface area contributed by atoms with E-state index in [2.05, 4.69) is 23.5 Å². The number of rotatable bonds is 4. The van der Waals surface area contributed by atoms with Crippen LogP contribution in [0, 0.1) is 37.5 Å². The van der Waals surface area contributed by atoms with Gasteiger partial charge in [-0.25, -0.2) is 0 Å². The van der Waals surface area contributed by atoms with E-state index in [1.54, 1.807) is 0 Å². The Kier molecular flexibility index (Phi) is 4.00. The Balaban J connectivity index is 1.76. The van der Waals surface area contributed by atoms with E-state index in [9.17, 15) is 14.7 Å². The smallest absolute Gasteiger partial charge is 0.307 e. The maximum absolute atomic E-state index is 12.7. The molecule has 23 heavy (non-hydrogen) atoms. The first-order valence-electron chi connectivity index (χ1n) is 8.16. The molecule has 2 N–H and O–H groups in total. The van der Waals surface area contributed by atoms with Gasteiger partial charge in [-0.3, -0.25) is 9.59 Å². The number of fused-ring (bicyclic) bond motifs is 2. The van der Waals surface area contributed by atoms with Crippen molar-refractivity contribution in [2.75, 3.05) is 0 Å². The summed E-state index contributed by atoms with van der Waals surface area (Å²) in [7, 11) is 0. The second kappa shape index (κ2) is 5.84. The number of hydrogen-bond acceptors (Lipinski definition) is 2. The Morgan fingerprint density at radius 3 is 2.22 bits per heavy atom. The summed E-state index contributed by atoms with van der Waals surface area (Å²) in [6, 6.07) is 6.10. The van der Waals surface area contributed by atoms with Crippen molar-refractivity contribution in [1.82, 2.24) is 5.32 Å². The maximum Gasteiger partial charge on any atom is 0.307 e. The summed E-state index contributed by atoms with van der Waals surface area (Å²) in [4.78, 5) is 24.2. The van der Waals surface area contributed by atoms with Crippen molar-refractivity contribution in [2.24, 2.45) is 23.7 Å². The summed E-state index contributed by atoms with van der Waals surface area (Å²) >= 11 is 0. The molecule has 4 nitrogen and oxygen atoms in total. The third-order valence-electron chi connectivity index (χ3n) is 5.15. The fraction of sp³-hybridized carbons (Fsp3) is 0.474. The fourth-order valence-corrected chi connectivity index (χ4v) is 4.17. The summed E-state index contributed by atoms with van der Waals surface area (Å²) in [5, 5.41) is 12.5. The van der Waals surface area contributed by atoms with E-state index in [0.717, 1.165) is 23.1 Å². The quantitative estimate of drug-likeness (QED) is 0.840. The fourth-order valence-electron chi connectivity index (χ4n) is 4.17. The molecular formula is C19H23NO3. The van der Waals surface area contributed by atoms with Gasteiger partial charge >= 0.3 is 5.97 Å². The van der Waals surface area contributed by atoms with Gasteiger partial charge in [0, 0.05) is 0 Å². The number of allylic oxidation sites excluding steroid dienone is 2. The lowest BCUT2D eigenvalue weighted by molar-refractivity contribution is -0.148. The van der Waals surface area contributed by atoms with Gasteiger partial charge in [-0.15, -0.1) is 0 Å². The Bertz CT molecular complexity index is 659. The molecule has 4 heteroatoms. The zero-order chi connectivity index (χ0) is 16.7. The molecule has 5 atom stereocenters. The molecule has 0 saturated heterocycles. The van der Waals surface area contributed by atoms with Crippen molar-refractivity contribution < 1.29 is 14.7 Å². The number of hydrogen-bond donors (Lipinski definition) is 2. The second-order valence-electron chi connectivity index (χ2n) is 6.99. The molecule has 0 radical (unpaired) electrons. The van der Waals surface area contributed by atoms with Crippen LogP contribution in [0.25, 0.3) is 0 Å². The van der Waals surface area contributed by atoms with Gasteiger partial charge in [0.2, 0.25) is 5.91 Å². The van der Waals surface area contributed by atoms with Crippen LogP contribution in [0.5, 0.6) is 0 Å². The number of benzene rings is 1. The summed E-state index contributed by atoms with van der Waals surface area (Å²) in [6.45, 7) is 6.02. The van der Waals surface area contributed by atoms with Crippen molar-refractivity contribution >= 4 is 11.9 Å². The molecule has 1 aromatic rings. The van der Waals surface area contributed by atoms with Crippen LogP contribution in [0.4, 0.5) is 0 Å².